The van der Waals surface area contributed by atoms with Crippen LogP contribution in [0.5, 0.6) is 0 Å². The average Bonchev–Trinajstić information content (AvgIpc) is 3.07. The second-order valence-corrected chi connectivity index (χ2v) is 8.93. The number of carbonyl (C=O) groups excluding carboxylic acids is 1. The first-order valence-electron chi connectivity index (χ1n) is 8.11. The molecule has 1 saturated heterocycles. The molecule has 0 unspecified atom stereocenters. The molecule has 134 valence electrons. The van der Waals surface area contributed by atoms with Crippen molar-refractivity contribution < 1.29 is 13.2 Å². The summed E-state index contributed by atoms with van der Waals surface area (Å²) >= 11 is 1.02. The van der Waals surface area contributed by atoms with Gasteiger partial charge in [-0.05, 0) is 49.1 Å². The van der Waals surface area contributed by atoms with Gasteiger partial charge < -0.3 is 10.6 Å². The Labute approximate surface area is 151 Å². The standard InChI is InChI=1S/C17H21N3O3S2/c1-12-6-8-20(9-7-12)14-4-2-13(3-5-14)19-25(22,23)15-10-16(17(18)21)24-11-15/h2-5,10-12,19H,6-9H2,1H3,(H2,18,21). The van der Waals surface area contributed by atoms with Crippen molar-refractivity contribution in [2.45, 2.75) is 24.7 Å². The SMILES string of the molecule is CC1CCN(c2ccc(NS(=O)(=O)c3csc(C(N)=O)c3)cc2)CC1. The Morgan fingerprint density at radius 1 is 1.24 bits per heavy atom. The van der Waals surface area contributed by atoms with Crippen LogP contribution in [-0.2, 0) is 10.0 Å². The Morgan fingerprint density at radius 2 is 1.88 bits per heavy atom. The Hall–Kier alpha value is -2.06. The van der Waals surface area contributed by atoms with Crippen LogP contribution in [0.3, 0.4) is 0 Å². The molecule has 1 amide bonds. The highest BCUT2D eigenvalue weighted by Gasteiger charge is 2.19. The van der Waals surface area contributed by atoms with Crippen molar-refractivity contribution in [1.82, 2.24) is 0 Å². The first-order chi connectivity index (χ1) is 11.8. The van der Waals surface area contributed by atoms with Gasteiger partial charge in [-0.3, -0.25) is 9.52 Å². The third-order valence-corrected chi connectivity index (χ3v) is 6.85. The number of anilines is 2. The van der Waals surface area contributed by atoms with Gasteiger partial charge in [0.05, 0.1) is 9.77 Å². The maximum atomic E-state index is 12.4. The molecule has 0 bridgehead atoms. The molecule has 2 aromatic rings. The molecule has 0 atom stereocenters. The van der Waals surface area contributed by atoms with E-state index in [1.54, 1.807) is 12.1 Å². The number of rotatable bonds is 5. The quantitative estimate of drug-likeness (QED) is 0.835. The van der Waals surface area contributed by atoms with Crippen molar-refractivity contribution in [1.29, 1.82) is 0 Å². The lowest BCUT2D eigenvalue weighted by Gasteiger charge is -2.32. The number of sulfonamides is 1. The number of carbonyl (C=O) groups is 1. The van der Waals surface area contributed by atoms with E-state index in [1.807, 2.05) is 12.1 Å². The number of amides is 1. The smallest absolute Gasteiger partial charge is 0.262 e. The molecule has 1 fully saturated rings. The molecule has 1 aliphatic rings. The van der Waals surface area contributed by atoms with Gasteiger partial charge in [-0.2, -0.15) is 0 Å². The molecular formula is C17H21N3O3S2. The lowest BCUT2D eigenvalue weighted by atomic mass is 9.99. The van der Waals surface area contributed by atoms with Gasteiger partial charge in [0.15, 0.2) is 0 Å². The second-order valence-electron chi connectivity index (χ2n) is 6.33. The van der Waals surface area contributed by atoms with E-state index in [0.717, 1.165) is 36.0 Å². The topological polar surface area (TPSA) is 92.5 Å². The highest BCUT2D eigenvalue weighted by atomic mass is 32.2. The van der Waals surface area contributed by atoms with Gasteiger partial charge in [-0.1, -0.05) is 6.92 Å². The lowest BCUT2D eigenvalue weighted by molar-refractivity contribution is 0.100. The minimum atomic E-state index is -3.73. The molecule has 0 aliphatic carbocycles. The minimum absolute atomic E-state index is 0.0420. The summed E-state index contributed by atoms with van der Waals surface area (Å²) in [6, 6.07) is 8.66. The highest BCUT2D eigenvalue weighted by molar-refractivity contribution is 7.92. The van der Waals surface area contributed by atoms with Crippen LogP contribution in [0.2, 0.25) is 0 Å². The van der Waals surface area contributed by atoms with Gasteiger partial charge in [-0.25, -0.2) is 8.42 Å². The Morgan fingerprint density at radius 3 is 2.44 bits per heavy atom. The summed E-state index contributed by atoms with van der Waals surface area (Å²) < 4.78 is 27.3. The average molecular weight is 380 g/mol. The highest BCUT2D eigenvalue weighted by Crippen LogP contribution is 2.26. The van der Waals surface area contributed by atoms with Crippen molar-refractivity contribution >= 4 is 38.6 Å². The second kappa shape index (κ2) is 7.05. The molecule has 3 N–H and O–H groups in total. The number of nitrogens with zero attached hydrogens (tertiary/aromatic N) is 1. The predicted molar refractivity (Wildman–Crippen MR) is 101 cm³/mol. The van der Waals surface area contributed by atoms with E-state index in [-0.39, 0.29) is 9.77 Å². The first kappa shape index (κ1) is 17.8. The van der Waals surface area contributed by atoms with Crippen LogP contribution >= 0.6 is 11.3 Å². The van der Waals surface area contributed by atoms with E-state index in [2.05, 4.69) is 16.5 Å². The zero-order valence-electron chi connectivity index (χ0n) is 13.9. The molecule has 6 nitrogen and oxygen atoms in total. The van der Waals surface area contributed by atoms with Crippen molar-refractivity contribution in [2.75, 3.05) is 22.7 Å². The van der Waals surface area contributed by atoms with Crippen LogP contribution in [0, 0.1) is 5.92 Å². The molecule has 0 spiro atoms. The summed E-state index contributed by atoms with van der Waals surface area (Å²) in [5.74, 6) is 0.130. The van der Waals surface area contributed by atoms with Crippen molar-refractivity contribution in [3.8, 4) is 0 Å². The molecule has 1 aromatic heterocycles. The normalized spacial score (nSPS) is 16.0. The number of nitrogens with two attached hydrogens (primary N) is 1. The molecule has 1 aromatic carbocycles. The molecule has 0 radical (unpaired) electrons. The fourth-order valence-corrected chi connectivity index (χ4v) is 5.00. The van der Waals surface area contributed by atoms with E-state index in [4.69, 9.17) is 5.73 Å². The predicted octanol–water partition coefficient (Wildman–Crippen LogP) is 2.88. The van der Waals surface area contributed by atoms with Crippen LogP contribution < -0.4 is 15.4 Å². The third-order valence-electron chi connectivity index (χ3n) is 4.40. The number of benzene rings is 1. The summed E-state index contributed by atoms with van der Waals surface area (Å²) in [5, 5.41) is 1.41. The largest absolute Gasteiger partial charge is 0.372 e. The maximum absolute atomic E-state index is 12.4. The molecule has 1 aliphatic heterocycles. The van der Waals surface area contributed by atoms with Crippen LogP contribution in [0.1, 0.15) is 29.4 Å². The van der Waals surface area contributed by atoms with E-state index in [9.17, 15) is 13.2 Å². The van der Waals surface area contributed by atoms with E-state index >= 15 is 0 Å². The Kier molecular flexibility index (Phi) is 5.01. The first-order valence-corrected chi connectivity index (χ1v) is 10.5. The summed E-state index contributed by atoms with van der Waals surface area (Å²) in [4.78, 5) is 13.7. The third kappa shape index (κ3) is 4.13. The van der Waals surface area contributed by atoms with Crippen LogP contribution in [0.15, 0.2) is 40.6 Å². The summed E-state index contributed by atoms with van der Waals surface area (Å²) in [6.07, 6.45) is 2.35. The molecule has 8 heteroatoms. The van der Waals surface area contributed by atoms with Crippen molar-refractivity contribution in [3.63, 3.8) is 0 Å². The van der Waals surface area contributed by atoms with Gasteiger partial charge in [0, 0.05) is 29.8 Å². The van der Waals surface area contributed by atoms with Crippen LogP contribution in [-0.4, -0.2) is 27.4 Å². The minimum Gasteiger partial charge on any atom is -0.372 e. The van der Waals surface area contributed by atoms with Gasteiger partial charge in [-0.15, -0.1) is 11.3 Å². The molecule has 2 heterocycles. The molecule has 3 rings (SSSR count). The lowest BCUT2D eigenvalue weighted by Crippen LogP contribution is -2.32. The molecule has 25 heavy (non-hydrogen) atoms. The number of hydrogen-bond donors (Lipinski definition) is 2. The summed E-state index contributed by atoms with van der Waals surface area (Å²) in [6.45, 7) is 4.32. The van der Waals surface area contributed by atoms with Crippen molar-refractivity contribution in [2.24, 2.45) is 11.7 Å². The Bertz CT molecular complexity index is 852. The fraction of sp³-hybridized carbons (Fsp3) is 0.353. The van der Waals surface area contributed by atoms with Gasteiger partial charge in [0.25, 0.3) is 15.9 Å². The monoisotopic (exact) mass is 379 g/mol. The van der Waals surface area contributed by atoms with E-state index < -0.39 is 15.9 Å². The number of thiophene rings is 1. The van der Waals surface area contributed by atoms with E-state index in [0.29, 0.717) is 5.69 Å². The number of piperidine rings is 1. The van der Waals surface area contributed by atoms with Crippen LogP contribution in [0.25, 0.3) is 0 Å². The zero-order chi connectivity index (χ0) is 18.0. The van der Waals surface area contributed by atoms with Gasteiger partial charge in [0.2, 0.25) is 0 Å². The van der Waals surface area contributed by atoms with E-state index in [1.165, 1.54) is 24.3 Å². The summed E-state index contributed by atoms with van der Waals surface area (Å²) in [5.41, 5.74) is 6.76. The van der Waals surface area contributed by atoms with Gasteiger partial charge in [0.1, 0.15) is 0 Å². The van der Waals surface area contributed by atoms with Crippen molar-refractivity contribution in [3.05, 3.63) is 40.6 Å². The van der Waals surface area contributed by atoms with Gasteiger partial charge >= 0.3 is 0 Å². The molecular weight excluding hydrogens is 358 g/mol. The number of hydrogen-bond acceptors (Lipinski definition) is 5. The van der Waals surface area contributed by atoms with Crippen LogP contribution in [0.4, 0.5) is 11.4 Å². The molecule has 0 saturated carbocycles. The summed E-state index contributed by atoms with van der Waals surface area (Å²) in [7, 11) is -3.73. The number of primary amides is 1. The number of nitrogens with one attached hydrogen (secondary N) is 1. The Balaban J connectivity index is 1.70. The zero-order valence-corrected chi connectivity index (χ0v) is 15.6. The maximum Gasteiger partial charge on any atom is 0.262 e. The fourth-order valence-electron chi connectivity index (χ4n) is 2.81.